The van der Waals surface area contributed by atoms with Gasteiger partial charge in [-0.3, -0.25) is 4.79 Å². The molecule has 0 bridgehead atoms. The number of halogens is 1. The van der Waals surface area contributed by atoms with E-state index in [9.17, 15) is 9.59 Å². The number of nitrogens with one attached hydrogen (secondary N) is 1. The first-order valence-corrected chi connectivity index (χ1v) is 9.52. The minimum Gasteiger partial charge on any atom is -0.467 e. The van der Waals surface area contributed by atoms with E-state index in [1.54, 1.807) is 18.2 Å². The van der Waals surface area contributed by atoms with Crippen molar-refractivity contribution in [1.29, 1.82) is 0 Å². The lowest BCUT2D eigenvalue weighted by Crippen LogP contribution is -2.43. The molecule has 6 heteroatoms. The summed E-state index contributed by atoms with van der Waals surface area (Å²) in [5, 5.41) is 2.71. The first-order chi connectivity index (χ1) is 13.6. The third kappa shape index (κ3) is 5.04. The molecule has 0 aliphatic rings. The molecule has 0 saturated carbocycles. The van der Waals surface area contributed by atoms with Crippen molar-refractivity contribution in [2.45, 2.75) is 12.5 Å². The van der Waals surface area contributed by atoms with Gasteiger partial charge in [0.1, 0.15) is 16.3 Å². The third-order valence-corrected chi connectivity index (χ3v) is 4.68. The van der Waals surface area contributed by atoms with Crippen LogP contribution in [0.4, 0.5) is 0 Å². The van der Waals surface area contributed by atoms with Gasteiger partial charge < -0.3 is 10.1 Å². The topological polar surface area (TPSA) is 68.3 Å². The number of ether oxygens (including phenoxy) is 1. The Morgan fingerprint density at radius 3 is 2.29 bits per heavy atom. The van der Waals surface area contributed by atoms with E-state index < -0.39 is 17.9 Å². The van der Waals surface area contributed by atoms with Crippen molar-refractivity contribution in [2.24, 2.45) is 0 Å². The fraction of sp³-hybridized carbons (Fsp3) is 0.136. The van der Waals surface area contributed by atoms with E-state index >= 15 is 0 Å². The predicted molar refractivity (Wildman–Crippen MR) is 111 cm³/mol. The zero-order chi connectivity index (χ0) is 19.9. The van der Waals surface area contributed by atoms with Gasteiger partial charge >= 0.3 is 5.97 Å². The van der Waals surface area contributed by atoms with E-state index in [1.165, 1.54) is 7.11 Å². The highest BCUT2D eigenvalue weighted by molar-refractivity contribution is 9.10. The Balaban J connectivity index is 1.74. The van der Waals surface area contributed by atoms with Crippen molar-refractivity contribution in [3.05, 3.63) is 88.7 Å². The Kier molecular flexibility index (Phi) is 6.55. The smallest absolute Gasteiger partial charge is 0.328 e. The van der Waals surface area contributed by atoms with Crippen molar-refractivity contribution < 1.29 is 14.3 Å². The zero-order valence-electron chi connectivity index (χ0n) is 15.3. The number of amides is 1. The van der Waals surface area contributed by atoms with E-state index in [-0.39, 0.29) is 5.69 Å². The summed E-state index contributed by atoms with van der Waals surface area (Å²) in [5.41, 5.74) is 3.34. The number of benzene rings is 2. The molecule has 0 radical (unpaired) electrons. The Labute approximate surface area is 171 Å². The summed E-state index contributed by atoms with van der Waals surface area (Å²) < 4.78 is 5.40. The molecule has 1 atom stereocenters. The molecule has 1 amide bonds. The molecule has 0 aliphatic heterocycles. The van der Waals surface area contributed by atoms with Gasteiger partial charge in [-0.25, -0.2) is 9.78 Å². The second-order valence-corrected chi connectivity index (χ2v) is 6.97. The molecule has 0 saturated heterocycles. The van der Waals surface area contributed by atoms with Crippen LogP contribution in [-0.2, 0) is 16.0 Å². The lowest BCUT2D eigenvalue weighted by atomic mass is 10.0. The SMILES string of the molecule is COC(=O)[C@H](Cc1ccc(-c2ccccc2)cc1)NC(=O)c1cccc(Br)n1. The molecule has 0 aliphatic carbocycles. The van der Waals surface area contributed by atoms with Gasteiger partial charge in [0.2, 0.25) is 0 Å². The Morgan fingerprint density at radius 1 is 0.964 bits per heavy atom. The van der Waals surface area contributed by atoms with Gasteiger partial charge in [0.15, 0.2) is 0 Å². The van der Waals surface area contributed by atoms with Crippen LogP contribution in [-0.4, -0.2) is 30.0 Å². The molecule has 142 valence electrons. The maximum absolute atomic E-state index is 12.5. The van der Waals surface area contributed by atoms with Gasteiger partial charge in [0.25, 0.3) is 5.91 Å². The van der Waals surface area contributed by atoms with Crippen LogP contribution in [0, 0.1) is 0 Å². The zero-order valence-corrected chi connectivity index (χ0v) is 16.8. The molecule has 3 rings (SSSR count). The highest BCUT2D eigenvalue weighted by Crippen LogP contribution is 2.20. The number of carbonyl (C=O) groups is 2. The van der Waals surface area contributed by atoms with Crippen molar-refractivity contribution >= 4 is 27.8 Å². The number of carbonyl (C=O) groups excluding carboxylic acids is 2. The number of rotatable bonds is 6. The minimum atomic E-state index is -0.805. The minimum absolute atomic E-state index is 0.225. The van der Waals surface area contributed by atoms with Crippen LogP contribution in [0.3, 0.4) is 0 Å². The molecule has 5 nitrogen and oxygen atoms in total. The lowest BCUT2D eigenvalue weighted by molar-refractivity contribution is -0.142. The number of pyridine rings is 1. The highest BCUT2D eigenvalue weighted by Gasteiger charge is 2.23. The molecule has 3 aromatic rings. The van der Waals surface area contributed by atoms with E-state index in [1.807, 2.05) is 54.6 Å². The molecule has 0 unspecified atom stereocenters. The van der Waals surface area contributed by atoms with E-state index in [0.29, 0.717) is 11.0 Å². The molecular weight excluding hydrogens is 420 g/mol. The molecule has 1 aromatic heterocycles. The van der Waals surface area contributed by atoms with Crippen molar-refractivity contribution in [3.8, 4) is 11.1 Å². The van der Waals surface area contributed by atoms with Crippen LogP contribution in [0.5, 0.6) is 0 Å². The number of aromatic nitrogens is 1. The Hall–Kier alpha value is -2.99. The normalized spacial score (nSPS) is 11.5. The van der Waals surface area contributed by atoms with E-state index in [0.717, 1.165) is 16.7 Å². The summed E-state index contributed by atoms with van der Waals surface area (Å²) in [7, 11) is 1.30. The maximum atomic E-state index is 12.5. The molecule has 0 fully saturated rings. The molecule has 0 spiro atoms. The van der Waals surface area contributed by atoms with Gasteiger partial charge in [0.05, 0.1) is 7.11 Å². The van der Waals surface area contributed by atoms with Crippen molar-refractivity contribution in [2.75, 3.05) is 7.11 Å². The average molecular weight is 439 g/mol. The predicted octanol–water partition coefficient (Wildman–Crippen LogP) is 4.03. The van der Waals surface area contributed by atoms with Gasteiger partial charge in [-0.05, 0) is 44.8 Å². The van der Waals surface area contributed by atoms with Gasteiger partial charge in [-0.2, -0.15) is 0 Å². The van der Waals surface area contributed by atoms with Crippen LogP contribution in [0.1, 0.15) is 16.1 Å². The van der Waals surface area contributed by atoms with Crippen molar-refractivity contribution in [1.82, 2.24) is 10.3 Å². The van der Waals surface area contributed by atoms with Crippen LogP contribution >= 0.6 is 15.9 Å². The summed E-state index contributed by atoms with van der Waals surface area (Å²) in [6, 6.07) is 22.1. The number of hydrogen-bond acceptors (Lipinski definition) is 4. The monoisotopic (exact) mass is 438 g/mol. The van der Waals surface area contributed by atoms with Crippen LogP contribution < -0.4 is 5.32 Å². The summed E-state index contributed by atoms with van der Waals surface area (Å²) in [6.07, 6.45) is 0.321. The Morgan fingerprint density at radius 2 is 1.64 bits per heavy atom. The van der Waals surface area contributed by atoms with Gasteiger partial charge in [0, 0.05) is 6.42 Å². The fourth-order valence-electron chi connectivity index (χ4n) is 2.80. The summed E-state index contributed by atoms with van der Waals surface area (Å²) in [6.45, 7) is 0. The number of esters is 1. The standard InChI is InChI=1S/C22H19BrN2O3/c1-28-22(27)19(25-21(26)18-8-5-9-20(23)24-18)14-15-10-12-17(13-11-15)16-6-3-2-4-7-16/h2-13,19H,14H2,1H3,(H,25,26)/t19-/m0/s1. The van der Waals surface area contributed by atoms with Gasteiger partial charge in [-0.1, -0.05) is 60.7 Å². The average Bonchev–Trinajstić information content (AvgIpc) is 2.73. The number of nitrogens with zero attached hydrogens (tertiary/aromatic N) is 1. The molecule has 2 aromatic carbocycles. The first kappa shape index (κ1) is 19.8. The molecule has 1 heterocycles. The first-order valence-electron chi connectivity index (χ1n) is 8.72. The van der Waals surface area contributed by atoms with Crippen LogP contribution in [0.25, 0.3) is 11.1 Å². The van der Waals surface area contributed by atoms with E-state index in [4.69, 9.17) is 4.74 Å². The summed E-state index contributed by atoms with van der Waals surface area (Å²) in [4.78, 5) is 28.7. The highest BCUT2D eigenvalue weighted by atomic mass is 79.9. The van der Waals surface area contributed by atoms with E-state index in [2.05, 4.69) is 26.2 Å². The largest absolute Gasteiger partial charge is 0.467 e. The Bertz CT molecular complexity index is 959. The third-order valence-electron chi connectivity index (χ3n) is 4.24. The summed E-state index contributed by atoms with van der Waals surface area (Å²) in [5.74, 6) is -0.937. The quantitative estimate of drug-likeness (QED) is 0.465. The molecule has 28 heavy (non-hydrogen) atoms. The van der Waals surface area contributed by atoms with Crippen LogP contribution in [0.15, 0.2) is 77.4 Å². The molecule has 1 N–H and O–H groups in total. The number of methoxy groups -OCH3 is 1. The lowest BCUT2D eigenvalue weighted by Gasteiger charge is -2.16. The van der Waals surface area contributed by atoms with Crippen LogP contribution in [0.2, 0.25) is 0 Å². The summed E-state index contributed by atoms with van der Waals surface area (Å²) >= 11 is 3.24. The van der Waals surface area contributed by atoms with Gasteiger partial charge in [-0.15, -0.1) is 0 Å². The molecular formula is C22H19BrN2O3. The van der Waals surface area contributed by atoms with Crippen molar-refractivity contribution in [3.63, 3.8) is 0 Å². The second kappa shape index (κ2) is 9.28. The maximum Gasteiger partial charge on any atom is 0.328 e. The fourth-order valence-corrected chi connectivity index (χ4v) is 3.15. The number of hydrogen-bond donors (Lipinski definition) is 1. The second-order valence-electron chi connectivity index (χ2n) is 6.16.